The van der Waals surface area contributed by atoms with E-state index in [0.717, 1.165) is 56.3 Å². The Bertz CT molecular complexity index is 502. The molecule has 4 rings (SSSR count). The van der Waals surface area contributed by atoms with Crippen molar-refractivity contribution >= 4 is 11.8 Å². The topological polar surface area (TPSA) is 56.1 Å². The minimum absolute atomic E-state index is 0.658. The SMILES string of the molecule is C1CC[C@H]2SCCN(Cc3nnnn3CC3CCOCC3)[C@@H]2C1. The summed E-state index contributed by atoms with van der Waals surface area (Å²) in [5.74, 6) is 2.96. The van der Waals surface area contributed by atoms with Gasteiger partial charge in [0.25, 0.3) is 0 Å². The highest BCUT2D eigenvalue weighted by Gasteiger charge is 2.34. The molecule has 0 N–H and O–H groups in total. The number of rotatable bonds is 4. The zero-order valence-corrected chi connectivity index (χ0v) is 14.6. The summed E-state index contributed by atoms with van der Waals surface area (Å²) in [5, 5.41) is 13.4. The smallest absolute Gasteiger partial charge is 0.165 e. The van der Waals surface area contributed by atoms with Gasteiger partial charge in [-0.1, -0.05) is 12.8 Å². The number of tetrazole rings is 1. The fourth-order valence-electron chi connectivity index (χ4n) is 4.21. The van der Waals surface area contributed by atoms with Crippen LogP contribution in [0.4, 0.5) is 0 Å². The predicted octanol–water partition coefficient (Wildman–Crippen LogP) is 1.96. The molecule has 7 heteroatoms. The van der Waals surface area contributed by atoms with Crippen molar-refractivity contribution in [1.29, 1.82) is 0 Å². The Morgan fingerprint density at radius 3 is 2.91 bits per heavy atom. The molecule has 0 amide bonds. The molecule has 128 valence electrons. The van der Waals surface area contributed by atoms with E-state index in [0.29, 0.717) is 5.92 Å². The Morgan fingerprint density at radius 2 is 2.00 bits per heavy atom. The van der Waals surface area contributed by atoms with E-state index in [1.54, 1.807) is 0 Å². The Kier molecular flexibility index (Phi) is 5.16. The summed E-state index contributed by atoms with van der Waals surface area (Å²) in [6, 6.07) is 0.732. The number of hydrogen-bond donors (Lipinski definition) is 0. The van der Waals surface area contributed by atoms with Crippen LogP contribution in [0, 0.1) is 5.92 Å². The summed E-state index contributed by atoms with van der Waals surface area (Å²) in [4.78, 5) is 2.65. The molecule has 3 heterocycles. The number of fused-ring (bicyclic) bond motifs is 1. The largest absolute Gasteiger partial charge is 0.381 e. The van der Waals surface area contributed by atoms with Crippen LogP contribution in [0.2, 0.25) is 0 Å². The number of aromatic nitrogens is 4. The average molecular weight is 337 g/mol. The van der Waals surface area contributed by atoms with Gasteiger partial charge in [-0.05, 0) is 42.0 Å². The summed E-state index contributed by atoms with van der Waals surface area (Å²) in [6.45, 7) is 4.81. The van der Waals surface area contributed by atoms with Gasteiger partial charge in [0.05, 0.1) is 6.54 Å². The van der Waals surface area contributed by atoms with E-state index in [9.17, 15) is 0 Å². The van der Waals surface area contributed by atoms with Gasteiger partial charge < -0.3 is 4.74 Å². The molecule has 0 aromatic carbocycles. The van der Waals surface area contributed by atoms with Gasteiger partial charge in [-0.25, -0.2) is 4.68 Å². The summed E-state index contributed by atoms with van der Waals surface area (Å²) >= 11 is 2.18. The molecule has 23 heavy (non-hydrogen) atoms. The number of nitrogens with zero attached hydrogens (tertiary/aromatic N) is 5. The van der Waals surface area contributed by atoms with Crippen molar-refractivity contribution in [3.8, 4) is 0 Å². The van der Waals surface area contributed by atoms with Crippen LogP contribution in [0.3, 0.4) is 0 Å². The third-order valence-corrected chi connectivity index (χ3v) is 6.97. The zero-order valence-electron chi connectivity index (χ0n) is 13.8. The Morgan fingerprint density at radius 1 is 1.13 bits per heavy atom. The van der Waals surface area contributed by atoms with E-state index in [1.165, 1.54) is 38.0 Å². The van der Waals surface area contributed by atoms with Crippen molar-refractivity contribution in [1.82, 2.24) is 25.1 Å². The molecule has 3 fully saturated rings. The maximum absolute atomic E-state index is 5.46. The molecule has 2 aliphatic heterocycles. The first kappa shape index (κ1) is 15.8. The molecule has 0 spiro atoms. The van der Waals surface area contributed by atoms with Crippen LogP contribution >= 0.6 is 11.8 Å². The highest BCUT2D eigenvalue weighted by molar-refractivity contribution is 8.00. The molecule has 2 saturated heterocycles. The number of thioether (sulfide) groups is 1. The molecule has 2 atom stereocenters. The van der Waals surface area contributed by atoms with Gasteiger partial charge in [-0.15, -0.1) is 5.10 Å². The van der Waals surface area contributed by atoms with Crippen molar-refractivity contribution in [2.75, 3.05) is 25.5 Å². The minimum atomic E-state index is 0.658. The fraction of sp³-hybridized carbons (Fsp3) is 0.938. The lowest BCUT2D eigenvalue weighted by Crippen LogP contribution is -2.48. The summed E-state index contributed by atoms with van der Waals surface area (Å²) in [5.41, 5.74) is 0. The molecular formula is C16H27N5OS. The molecular weight excluding hydrogens is 310 g/mol. The molecule has 1 saturated carbocycles. The van der Waals surface area contributed by atoms with Gasteiger partial charge in [0.1, 0.15) is 0 Å². The van der Waals surface area contributed by atoms with E-state index < -0.39 is 0 Å². The van der Waals surface area contributed by atoms with Crippen LogP contribution < -0.4 is 0 Å². The second-order valence-corrected chi connectivity index (χ2v) is 8.41. The first-order valence-electron chi connectivity index (χ1n) is 9.08. The van der Waals surface area contributed by atoms with Crippen molar-refractivity contribution in [3.05, 3.63) is 5.82 Å². The van der Waals surface area contributed by atoms with Crippen molar-refractivity contribution < 1.29 is 4.74 Å². The quantitative estimate of drug-likeness (QED) is 0.837. The van der Waals surface area contributed by atoms with Gasteiger partial charge in [-0.2, -0.15) is 11.8 Å². The third-order valence-electron chi connectivity index (χ3n) is 5.57. The lowest BCUT2D eigenvalue weighted by molar-refractivity contribution is 0.0591. The van der Waals surface area contributed by atoms with Gasteiger partial charge >= 0.3 is 0 Å². The summed E-state index contributed by atoms with van der Waals surface area (Å²) in [7, 11) is 0. The highest BCUT2D eigenvalue weighted by atomic mass is 32.2. The van der Waals surface area contributed by atoms with Crippen molar-refractivity contribution in [2.45, 2.75) is 62.9 Å². The van der Waals surface area contributed by atoms with Gasteiger partial charge in [0.2, 0.25) is 0 Å². The Balaban J connectivity index is 1.41. The standard InChI is InChI=1S/C16H27N5OS/c1-2-4-15-14(3-1)20(7-10-23-15)12-16-17-18-19-21(16)11-13-5-8-22-9-6-13/h13-15H,1-12H2/t14-,15-/m1/s1. The second kappa shape index (κ2) is 7.49. The lowest BCUT2D eigenvalue weighted by Gasteiger charge is -2.43. The third kappa shape index (κ3) is 3.72. The van der Waals surface area contributed by atoms with Crippen LogP contribution in [-0.2, 0) is 17.8 Å². The second-order valence-electron chi connectivity index (χ2n) is 7.06. The predicted molar refractivity (Wildman–Crippen MR) is 90.3 cm³/mol. The Labute approximate surface area is 142 Å². The number of ether oxygens (including phenoxy) is 1. The molecule has 0 bridgehead atoms. The summed E-state index contributed by atoms with van der Waals surface area (Å²) in [6.07, 6.45) is 7.78. The Hall–Kier alpha value is -0.660. The maximum atomic E-state index is 5.46. The fourth-order valence-corrected chi connectivity index (χ4v) is 5.71. The van der Waals surface area contributed by atoms with E-state index in [4.69, 9.17) is 4.74 Å². The van der Waals surface area contributed by atoms with Crippen molar-refractivity contribution in [3.63, 3.8) is 0 Å². The van der Waals surface area contributed by atoms with Crippen LogP contribution in [-0.4, -0.2) is 61.9 Å². The molecule has 1 aliphatic carbocycles. The van der Waals surface area contributed by atoms with Gasteiger partial charge in [0, 0.05) is 43.3 Å². The normalized spacial score (nSPS) is 30.3. The van der Waals surface area contributed by atoms with Crippen LogP contribution in [0.5, 0.6) is 0 Å². The summed E-state index contributed by atoms with van der Waals surface area (Å²) < 4.78 is 7.51. The molecule has 1 aromatic heterocycles. The van der Waals surface area contributed by atoms with E-state index in [-0.39, 0.29) is 0 Å². The zero-order chi connectivity index (χ0) is 15.5. The highest BCUT2D eigenvalue weighted by Crippen LogP contribution is 2.36. The lowest BCUT2D eigenvalue weighted by atomic mass is 9.93. The first-order valence-corrected chi connectivity index (χ1v) is 10.1. The van der Waals surface area contributed by atoms with Gasteiger partial charge in [-0.3, -0.25) is 4.90 Å². The maximum Gasteiger partial charge on any atom is 0.165 e. The molecule has 3 aliphatic rings. The molecule has 6 nitrogen and oxygen atoms in total. The van der Waals surface area contributed by atoms with E-state index >= 15 is 0 Å². The van der Waals surface area contributed by atoms with Crippen LogP contribution in [0.1, 0.15) is 44.3 Å². The van der Waals surface area contributed by atoms with Crippen LogP contribution in [0.15, 0.2) is 0 Å². The molecule has 1 aromatic rings. The van der Waals surface area contributed by atoms with E-state index in [2.05, 4.69) is 36.9 Å². The average Bonchev–Trinajstić information content (AvgIpc) is 3.03. The molecule has 0 unspecified atom stereocenters. The monoisotopic (exact) mass is 337 g/mol. The first-order chi connectivity index (χ1) is 11.4. The molecule has 0 radical (unpaired) electrons. The van der Waals surface area contributed by atoms with E-state index in [1.807, 2.05) is 0 Å². The number of hydrogen-bond acceptors (Lipinski definition) is 6. The van der Waals surface area contributed by atoms with Crippen LogP contribution in [0.25, 0.3) is 0 Å². The minimum Gasteiger partial charge on any atom is -0.381 e. The van der Waals surface area contributed by atoms with Crippen molar-refractivity contribution in [2.24, 2.45) is 5.92 Å². The van der Waals surface area contributed by atoms with Gasteiger partial charge in [0.15, 0.2) is 5.82 Å².